The van der Waals surface area contributed by atoms with E-state index in [1.807, 2.05) is 0 Å². The molecule has 3 aromatic rings. The van der Waals surface area contributed by atoms with Gasteiger partial charge in [-0.25, -0.2) is 8.58 Å². The zero-order valence-corrected chi connectivity index (χ0v) is 5.07. The van der Waals surface area contributed by atoms with Crippen LogP contribution >= 0.6 is 11.5 Å². The molecule has 0 aliphatic heterocycles. The van der Waals surface area contributed by atoms with Gasteiger partial charge < -0.3 is 0 Å². The van der Waals surface area contributed by atoms with Crippen LogP contribution in [0.2, 0.25) is 0 Å². The molecule has 1 N–H and O–H groups in total. The summed E-state index contributed by atoms with van der Waals surface area (Å²) >= 11 is 1.16. The van der Waals surface area contributed by atoms with Crippen molar-refractivity contribution in [2.75, 3.05) is 0 Å². The zero-order valence-electron chi connectivity index (χ0n) is 4.25. The molecule has 3 heterocycles. The lowest BCUT2D eigenvalue weighted by atomic mass is 10.7. The molecule has 0 aliphatic rings. The lowest BCUT2D eigenvalue weighted by molar-refractivity contribution is 1.01. The standard InChI is InChI=1S/C4H2N2O2S/c7-3-2-1-6(9-2)4(8)5-3/h1H,(H,5,7,8). The second-order valence-electron chi connectivity index (χ2n) is 1.67. The highest BCUT2D eigenvalue weighted by Crippen LogP contribution is 2.03. The van der Waals surface area contributed by atoms with E-state index in [9.17, 15) is 9.59 Å². The average Bonchev–Trinajstić information content (AvgIpc) is 1.57. The molecule has 2 bridgehead atoms. The van der Waals surface area contributed by atoms with Gasteiger partial charge in [-0.3, -0.25) is 9.78 Å². The van der Waals surface area contributed by atoms with Crippen LogP contribution in [0.15, 0.2) is 15.8 Å². The second kappa shape index (κ2) is 1.24. The number of nitrogens with zero attached hydrogens (tertiary/aromatic N) is 1. The fraction of sp³-hybridized carbons (Fsp3) is 0. The van der Waals surface area contributed by atoms with Crippen molar-refractivity contribution in [3.63, 3.8) is 0 Å². The van der Waals surface area contributed by atoms with Crippen molar-refractivity contribution in [3.05, 3.63) is 27.0 Å². The fourth-order valence-corrected chi connectivity index (χ4v) is 1.25. The Morgan fingerprint density at radius 1 is 1.56 bits per heavy atom. The maximum absolute atomic E-state index is 10.6. The van der Waals surface area contributed by atoms with Gasteiger partial charge in [0.1, 0.15) is 4.70 Å². The monoisotopic (exact) mass is 142 g/mol. The molecule has 3 rings (SSSR count). The molecule has 0 unspecified atom stereocenters. The molecule has 9 heavy (non-hydrogen) atoms. The molecule has 0 aliphatic carbocycles. The van der Waals surface area contributed by atoms with Crippen molar-refractivity contribution in [1.82, 2.24) is 8.77 Å². The first kappa shape index (κ1) is 4.75. The second-order valence-corrected chi connectivity index (χ2v) is 2.69. The van der Waals surface area contributed by atoms with E-state index in [1.54, 1.807) is 0 Å². The number of H-pyrrole nitrogens is 1. The van der Waals surface area contributed by atoms with Crippen molar-refractivity contribution in [2.45, 2.75) is 0 Å². The van der Waals surface area contributed by atoms with Gasteiger partial charge in [0.25, 0.3) is 5.56 Å². The predicted molar refractivity (Wildman–Crippen MR) is 33.4 cm³/mol. The SMILES string of the molecule is O=c1[nH]c(=O)n2cc1s2. The number of aromatic amines is 1. The van der Waals surface area contributed by atoms with Gasteiger partial charge in [-0.15, -0.1) is 0 Å². The van der Waals surface area contributed by atoms with Crippen LogP contribution in [0.4, 0.5) is 0 Å². The predicted octanol–water partition coefficient (Wildman–Crippen LogP) is -0.513. The minimum Gasteiger partial charge on any atom is -0.272 e. The topological polar surface area (TPSA) is 54.3 Å². The van der Waals surface area contributed by atoms with E-state index in [1.165, 1.54) is 9.99 Å². The van der Waals surface area contributed by atoms with Gasteiger partial charge in [0.15, 0.2) is 0 Å². The van der Waals surface area contributed by atoms with E-state index in [4.69, 9.17) is 0 Å². The summed E-state index contributed by atoms with van der Waals surface area (Å²) in [6.07, 6.45) is 1.52. The summed E-state index contributed by atoms with van der Waals surface area (Å²) in [5.74, 6) is 0. The highest BCUT2D eigenvalue weighted by atomic mass is 32.1. The van der Waals surface area contributed by atoms with Crippen molar-refractivity contribution < 1.29 is 0 Å². The molecule has 5 heteroatoms. The van der Waals surface area contributed by atoms with Gasteiger partial charge in [-0.1, -0.05) is 0 Å². The van der Waals surface area contributed by atoms with E-state index in [-0.39, 0.29) is 11.2 Å². The van der Waals surface area contributed by atoms with Crippen molar-refractivity contribution in [1.29, 1.82) is 0 Å². The number of nitrogens with one attached hydrogen (secondary N) is 1. The third-order valence-corrected chi connectivity index (χ3v) is 2.03. The minimum atomic E-state index is -0.347. The first-order chi connectivity index (χ1) is 4.27. The third-order valence-electron chi connectivity index (χ3n) is 1.08. The van der Waals surface area contributed by atoms with Gasteiger partial charge in [-0.05, 0) is 11.5 Å². The maximum atomic E-state index is 10.6. The number of hydrogen-bond donors (Lipinski definition) is 1. The first-order valence-electron chi connectivity index (χ1n) is 2.32. The van der Waals surface area contributed by atoms with E-state index in [2.05, 4.69) is 4.98 Å². The van der Waals surface area contributed by atoms with Gasteiger partial charge in [0.05, 0.1) is 0 Å². The number of rotatable bonds is 0. The minimum absolute atomic E-state index is 0.285. The zero-order chi connectivity index (χ0) is 6.43. The molecular weight excluding hydrogens is 140 g/mol. The van der Waals surface area contributed by atoms with Crippen LogP contribution in [-0.2, 0) is 0 Å². The quantitative estimate of drug-likeness (QED) is 0.538. The lowest BCUT2D eigenvalue weighted by Gasteiger charge is -1.97. The third kappa shape index (κ3) is 0.464. The van der Waals surface area contributed by atoms with Crippen molar-refractivity contribution in [2.24, 2.45) is 0 Å². The Morgan fingerprint density at radius 2 is 2.22 bits per heavy atom. The number of fused-ring (bicyclic) bond motifs is 2. The molecule has 0 saturated heterocycles. The summed E-state index contributed by atoms with van der Waals surface area (Å²) < 4.78 is 1.98. The van der Waals surface area contributed by atoms with Crippen molar-refractivity contribution >= 4 is 16.2 Å². The molecule has 46 valence electrons. The van der Waals surface area contributed by atoms with Crippen LogP contribution in [0.3, 0.4) is 0 Å². The fourth-order valence-electron chi connectivity index (χ4n) is 0.627. The first-order valence-corrected chi connectivity index (χ1v) is 3.09. The molecule has 0 spiro atoms. The Labute approximate surface area is 52.9 Å². The highest BCUT2D eigenvalue weighted by Gasteiger charge is 2.03. The number of hydrogen-bond acceptors (Lipinski definition) is 3. The molecule has 4 nitrogen and oxygen atoms in total. The molecule has 0 atom stereocenters. The molecule has 0 fully saturated rings. The van der Waals surface area contributed by atoms with Crippen LogP contribution in [0, 0.1) is 0 Å². The molecule has 3 aromatic heterocycles. The summed E-state index contributed by atoms with van der Waals surface area (Å²) in [6, 6.07) is 0. The van der Waals surface area contributed by atoms with E-state index in [0.717, 1.165) is 11.5 Å². The van der Waals surface area contributed by atoms with E-state index in [0.29, 0.717) is 4.70 Å². The van der Waals surface area contributed by atoms with Gasteiger partial charge in [0, 0.05) is 6.20 Å². The smallest absolute Gasteiger partial charge is 0.272 e. The van der Waals surface area contributed by atoms with Gasteiger partial charge >= 0.3 is 5.69 Å². The molecule has 0 amide bonds. The Balaban J connectivity index is 3.18. The van der Waals surface area contributed by atoms with Crippen LogP contribution in [-0.4, -0.2) is 8.77 Å². The Hall–Kier alpha value is -1.10. The van der Waals surface area contributed by atoms with Crippen LogP contribution in [0.5, 0.6) is 0 Å². The van der Waals surface area contributed by atoms with Gasteiger partial charge in [0.2, 0.25) is 0 Å². The van der Waals surface area contributed by atoms with Crippen LogP contribution < -0.4 is 11.2 Å². The summed E-state index contributed by atoms with van der Waals surface area (Å²) in [5.41, 5.74) is -0.632. The number of aromatic nitrogens is 2. The summed E-state index contributed by atoms with van der Waals surface area (Å²) in [4.78, 5) is 23.3. The Morgan fingerprint density at radius 3 is 2.56 bits per heavy atom. The van der Waals surface area contributed by atoms with E-state index < -0.39 is 0 Å². The summed E-state index contributed by atoms with van der Waals surface area (Å²) in [5, 5.41) is 0. The Kier molecular flexibility index (Phi) is 0.656. The normalized spacial score (nSPS) is 11.1. The van der Waals surface area contributed by atoms with Crippen LogP contribution in [0.1, 0.15) is 0 Å². The largest absolute Gasteiger partial charge is 0.341 e. The average molecular weight is 142 g/mol. The van der Waals surface area contributed by atoms with Crippen molar-refractivity contribution in [3.8, 4) is 0 Å². The molecule has 0 saturated carbocycles. The van der Waals surface area contributed by atoms with E-state index >= 15 is 0 Å². The molecule has 0 aromatic carbocycles. The lowest BCUT2D eigenvalue weighted by Crippen LogP contribution is -2.27. The van der Waals surface area contributed by atoms with Gasteiger partial charge in [-0.2, -0.15) is 0 Å². The molecular formula is C4H2N2O2S. The summed E-state index contributed by atoms with van der Waals surface area (Å²) in [7, 11) is 0. The Bertz CT molecular complexity index is 372. The van der Waals surface area contributed by atoms with Crippen LogP contribution in [0.25, 0.3) is 4.70 Å². The molecule has 0 radical (unpaired) electrons. The summed E-state index contributed by atoms with van der Waals surface area (Å²) in [6.45, 7) is 0. The maximum Gasteiger partial charge on any atom is 0.341 e. The highest BCUT2D eigenvalue weighted by molar-refractivity contribution is 7.13.